The standard InChI is InChI=1S/C27H21FN6O3S/c1-38(36,37)31-12-15-6-17(8-19(28)7-15)21-4-5-30-27-22(21)11-25(32-27)26-23-10-16(2-3-24(23)33-34-26)18-9-20(35)14-29-13-18/h2-11,13-14,31,35H,12H2,1H3,(H,30,32)(H,33,34). The van der Waals surface area contributed by atoms with Crippen LogP contribution in [0.2, 0.25) is 0 Å². The van der Waals surface area contributed by atoms with Crippen LogP contribution in [0.15, 0.2) is 73.2 Å². The number of hydrogen-bond donors (Lipinski definition) is 4. The molecule has 0 fully saturated rings. The van der Waals surface area contributed by atoms with Crippen LogP contribution in [0.25, 0.3) is 55.6 Å². The third-order valence-electron chi connectivity index (χ3n) is 6.21. The van der Waals surface area contributed by atoms with Crippen LogP contribution in [0.3, 0.4) is 0 Å². The maximum absolute atomic E-state index is 14.5. The predicted octanol–water partition coefficient (Wildman–Crippen LogP) is 4.73. The lowest BCUT2D eigenvalue weighted by Crippen LogP contribution is -2.21. The molecule has 0 aliphatic heterocycles. The predicted molar refractivity (Wildman–Crippen MR) is 143 cm³/mol. The average Bonchev–Trinajstić information content (AvgIpc) is 3.50. The normalized spacial score (nSPS) is 11.9. The van der Waals surface area contributed by atoms with Gasteiger partial charge in [0.15, 0.2) is 0 Å². The topological polar surface area (TPSA) is 137 Å². The quantitative estimate of drug-likeness (QED) is 0.247. The first-order chi connectivity index (χ1) is 18.2. The maximum Gasteiger partial charge on any atom is 0.209 e. The number of aromatic nitrogens is 5. The number of nitrogens with one attached hydrogen (secondary N) is 3. The molecule has 2 aromatic carbocycles. The van der Waals surface area contributed by atoms with E-state index in [1.807, 2.05) is 24.3 Å². The van der Waals surface area contributed by atoms with E-state index in [1.165, 1.54) is 18.3 Å². The van der Waals surface area contributed by atoms with Gasteiger partial charge in [-0.2, -0.15) is 5.10 Å². The summed E-state index contributed by atoms with van der Waals surface area (Å²) < 4.78 is 39.9. The summed E-state index contributed by atoms with van der Waals surface area (Å²) in [6.07, 6.45) is 5.75. The zero-order chi connectivity index (χ0) is 26.4. The van der Waals surface area contributed by atoms with Crippen LogP contribution in [-0.2, 0) is 16.6 Å². The summed E-state index contributed by atoms with van der Waals surface area (Å²) in [5, 5.41) is 19.0. The molecule has 0 bridgehead atoms. The highest BCUT2D eigenvalue weighted by atomic mass is 32.2. The van der Waals surface area contributed by atoms with Crippen LogP contribution in [0, 0.1) is 5.82 Å². The summed E-state index contributed by atoms with van der Waals surface area (Å²) in [5.41, 5.74) is 6.30. The number of hydrogen-bond acceptors (Lipinski definition) is 6. The Morgan fingerprint density at radius 1 is 0.974 bits per heavy atom. The zero-order valence-electron chi connectivity index (χ0n) is 20.0. The molecule has 4 aromatic heterocycles. The SMILES string of the molecule is CS(=O)(=O)NCc1cc(F)cc(-c2ccnc3[nH]c(-c4n[nH]c5ccc(-c6cncc(O)c6)cc45)cc23)c1. The van der Waals surface area contributed by atoms with Crippen LogP contribution < -0.4 is 4.72 Å². The molecule has 11 heteroatoms. The summed E-state index contributed by atoms with van der Waals surface area (Å²) in [5.74, 6) is -0.391. The smallest absolute Gasteiger partial charge is 0.209 e. The lowest BCUT2D eigenvalue weighted by atomic mass is 10.0. The number of aromatic amines is 2. The largest absolute Gasteiger partial charge is 0.506 e. The van der Waals surface area contributed by atoms with E-state index in [0.717, 1.165) is 39.2 Å². The Bertz CT molecular complexity index is 1950. The fourth-order valence-electron chi connectivity index (χ4n) is 4.51. The number of pyridine rings is 2. The van der Waals surface area contributed by atoms with Crippen LogP contribution in [-0.4, -0.2) is 44.9 Å². The van der Waals surface area contributed by atoms with Crippen molar-refractivity contribution < 1.29 is 17.9 Å². The van der Waals surface area contributed by atoms with Gasteiger partial charge in [0, 0.05) is 35.3 Å². The average molecular weight is 529 g/mol. The second-order valence-corrected chi connectivity index (χ2v) is 10.8. The van der Waals surface area contributed by atoms with E-state index in [9.17, 15) is 17.9 Å². The van der Waals surface area contributed by atoms with Gasteiger partial charge < -0.3 is 10.1 Å². The minimum atomic E-state index is -3.42. The Morgan fingerprint density at radius 2 is 1.84 bits per heavy atom. The molecule has 0 spiro atoms. The lowest BCUT2D eigenvalue weighted by molar-refractivity contribution is 0.473. The Kier molecular flexibility index (Phi) is 5.66. The molecular weight excluding hydrogens is 507 g/mol. The van der Waals surface area contributed by atoms with Gasteiger partial charge in [-0.25, -0.2) is 22.5 Å². The van der Waals surface area contributed by atoms with Crippen molar-refractivity contribution in [3.8, 4) is 39.4 Å². The van der Waals surface area contributed by atoms with Crippen molar-refractivity contribution in [1.82, 2.24) is 29.9 Å². The van der Waals surface area contributed by atoms with Crippen LogP contribution in [0.5, 0.6) is 5.75 Å². The molecule has 0 unspecified atom stereocenters. The molecule has 190 valence electrons. The fraction of sp³-hybridized carbons (Fsp3) is 0.0741. The summed E-state index contributed by atoms with van der Waals surface area (Å²) >= 11 is 0. The highest BCUT2D eigenvalue weighted by molar-refractivity contribution is 7.88. The number of fused-ring (bicyclic) bond motifs is 2. The first-order valence-electron chi connectivity index (χ1n) is 11.6. The Labute approximate surface area is 216 Å². The van der Waals surface area contributed by atoms with Crippen molar-refractivity contribution in [2.75, 3.05) is 6.26 Å². The number of H-pyrrole nitrogens is 2. The van der Waals surface area contributed by atoms with Gasteiger partial charge in [0.05, 0.1) is 23.7 Å². The van der Waals surface area contributed by atoms with E-state index in [1.54, 1.807) is 30.6 Å². The van der Waals surface area contributed by atoms with E-state index in [-0.39, 0.29) is 12.3 Å². The maximum atomic E-state index is 14.5. The highest BCUT2D eigenvalue weighted by Crippen LogP contribution is 2.35. The van der Waals surface area contributed by atoms with Gasteiger partial charge in [0.2, 0.25) is 10.0 Å². The molecular formula is C27H21FN6O3S. The van der Waals surface area contributed by atoms with Crippen LogP contribution >= 0.6 is 0 Å². The van der Waals surface area contributed by atoms with Gasteiger partial charge in [0.1, 0.15) is 22.9 Å². The van der Waals surface area contributed by atoms with Crippen LogP contribution in [0.4, 0.5) is 4.39 Å². The van der Waals surface area contributed by atoms with E-state index in [0.29, 0.717) is 28.2 Å². The number of aromatic hydroxyl groups is 1. The fourth-order valence-corrected chi connectivity index (χ4v) is 4.94. The summed E-state index contributed by atoms with van der Waals surface area (Å²) in [6, 6.07) is 15.6. The lowest BCUT2D eigenvalue weighted by Gasteiger charge is -2.08. The van der Waals surface area contributed by atoms with Gasteiger partial charge in [-0.3, -0.25) is 10.1 Å². The molecule has 4 heterocycles. The molecule has 0 saturated carbocycles. The third kappa shape index (κ3) is 4.60. The monoisotopic (exact) mass is 528 g/mol. The molecule has 4 N–H and O–H groups in total. The van der Waals surface area contributed by atoms with E-state index >= 15 is 0 Å². The van der Waals surface area contributed by atoms with Gasteiger partial charge in [-0.15, -0.1) is 0 Å². The third-order valence-corrected chi connectivity index (χ3v) is 6.88. The first kappa shape index (κ1) is 23.8. The molecule has 6 rings (SSSR count). The molecule has 0 amide bonds. The Balaban J connectivity index is 1.43. The molecule has 38 heavy (non-hydrogen) atoms. The van der Waals surface area contributed by atoms with Gasteiger partial charge in [-0.05, 0) is 70.8 Å². The van der Waals surface area contributed by atoms with Crippen LogP contribution in [0.1, 0.15) is 5.56 Å². The minimum absolute atomic E-state index is 0.0213. The molecule has 6 aromatic rings. The summed E-state index contributed by atoms with van der Waals surface area (Å²) in [4.78, 5) is 11.8. The van der Waals surface area contributed by atoms with Gasteiger partial charge >= 0.3 is 0 Å². The molecule has 0 aliphatic carbocycles. The molecule has 9 nitrogen and oxygen atoms in total. The molecule has 0 aliphatic rings. The van der Waals surface area contributed by atoms with E-state index in [2.05, 4.69) is 29.9 Å². The second kappa shape index (κ2) is 9.05. The van der Waals surface area contributed by atoms with Crippen molar-refractivity contribution in [3.05, 3.63) is 84.6 Å². The molecule has 0 atom stereocenters. The minimum Gasteiger partial charge on any atom is -0.506 e. The van der Waals surface area contributed by atoms with Gasteiger partial charge in [-0.1, -0.05) is 6.07 Å². The molecule has 0 saturated heterocycles. The number of benzene rings is 2. The van der Waals surface area contributed by atoms with Crippen molar-refractivity contribution in [1.29, 1.82) is 0 Å². The zero-order valence-corrected chi connectivity index (χ0v) is 20.8. The number of sulfonamides is 1. The second-order valence-electron chi connectivity index (χ2n) is 9.01. The number of nitrogens with zero attached hydrogens (tertiary/aromatic N) is 3. The highest BCUT2D eigenvalue weighted by Gasteiger charge is 2.16. The number of halogens is 1. The van der Waals surface area contributed by atoms with E-state index in [4.69, 9.17) is 0 Å². The molecule has 0 radical (unpaired) electrons. The van der Waals surface area contributed by atoms with Crippen molar-refractivity contribution in [2.45, 2.75) is 6.54 Å². The first-order valence-corrected chi connectivity index (χ1v) is 13.5. The summed E-state index contributed by atoms with van der Waals surface area (Å²) in [6.45, 7) is -0.0213. The van der Waals surface area contributed by atoms with Crippen molar-refractivity contribution in [2.24, 2.45) is 0 Å². The Hall–Kier alpha value is -4.61. The Morgan fingerprint density at radius 3 is 2.66 bits per heavy atom. The van der Waals surface area contributed by atoms with Crippen molar-refractivity contribution >= 4 is 32.0 Å². The summed E-state index contributed by atoms with van der Waals surface area (Å²) in [7, 11) is -3.42. The van der Waals surface area contributed by atoms with Crippen molar-refractivity contribution in [3.63, 3.8) is 0 Å². The van der Waals surface area contributed by atoms with E-state index < -0.39 is 15.8 Å². The van der Waals surface area contributed by atoms with Gasteiger partial charge in [0.25, 0.3) is 0 Å². The number of rotatable bonds is 6.